The molecule has 0 saturated carbocycles. The van der Waals surface area contributed by atoms with Crippen molar-refractivity contribution in [1.82, 2.24) is 9.80 Å². The van der Waals surface area contributed by atoms with E-state index < -0.39 is 42.2 Å². The van der Waals surface area contributed by atoms with Gasteiger partial charge in [0.2, 0.25) is 5.91 Å². The summed E-state index contributed by atoms with van der Waals surface area (Å²) in [7, 11) is 0. The molecule has 1 fully saturated rings. The van der Waals surface area contributed by atoms with E-state index in [1.807, 2.05) is 27.7 Å². The third-order valence-electron chi connectivity index (χ3n) is 2.91. The highest BCUT2D eigenvalue weighted by Crippen LogP contribution is 2.28. The van der Waals surface area contributed by atoms with E-state index in [4.69, 9.17) is 15.6 Å². The lowest BCUT2D eigenvalue weighted by atomic mass is 9.99. The molecule has 0 aliphatic carbocycles. The fraction of sp³-hybridized carbons (Fsp3) is 0.769. The number of carboxylic acid groups (broad SMARTS) is 1. The zero-order chi connectivity index (χ0) is 16.4. The summed E-state index contributed by atoms with van der Waals surface area (Å²) in [6, 6.07) is -0.527. The van der Waals surface area contributed by atoms with Crippen LogP contribution in [0.1, 0.15) is 27.7 Å². The number of nitrogens with two attached hydrogens (primary N) is 1. The minimum atomic E-state index is -1.20. The van der Waals surface area contributed by atoms with Crippen molar-refractivity contribution in [2.45, 2.75) is 38.9 Å². The van der Waals surface area contributed by atoms with Gasteiger partial charge >= 0.3 is 12.0 Å². The normalized spacial score (nSPS) is 19.9. The van der Waals surface area contributed by atoms with Gasteiger partial charge in [-0.1, -0.05) is 0 Å². The van der Waals surface area contributed by atoms with Crippen LogP contribution in [0.3, 0.4) is 0 Å². The first-order valence-corrected chi connectivity index (χ1v) is 6.66. The second-order valence-corrected chi connectivity index (χ2v) is 6.48. The number of rotatable bonds is 4. The standard InChI is InChI=1S/C13H23N3O5/c1-12(2)7-16(8-13(3,4)21-12)11(20)15(5-9(14)17)6-10(18)19/h5-8H2,1-4H3,(H2,14,17)(H,18,19). The van der Waals surface area contributed by atoms with E-state index in [2.05, 4.69) is 0 Å². The summed E-state index contributed by atoms with van der Waals surface area (Å²) in [6.45, 7) is 7.03. The average molecular weight is 301 g/mol. The van der Waals surface area contributed by atoms with Crippen molar-refractivity contribution in [2.24, 2.45) is 5.73 Å². The van der Waals surface area contributed by atoms with Gasteiger partial charge in [-0.15, -0.1) is 0 Å². The molecule has 0 aromatic carbocycles. The Balaban J connectivity index is 2.91. The maximum atomic E-state index is 12.5. The van der Waals surface area contributed by atoms with Gasteiger partial charge in [0.05, 0.1) is 24.3 Å². The molecule has 0 aromatic heterocycles. The van der Waals surface area contributed by atoms with Crippen LogP contribution in [0.15, 0.2) is 0 Å². The largest absolute Gasteiger partial charge is 0.480 e. The molecule has 1 rings (SSSR count). The number of carbonyl (C=O) groups is 3. The van der Waals surface area contributed by atoms with E-state index in [1.54, 1.807) is 0 Å². The molecule has 0 radical (unpaired) electrons. The van der Waals surface area contributed by atoms with Crippen molar-refractivity contribution in [2.75, 3.05) is 26.2 Å². The Morgan fingerprint density at radius 1 is 1.14 bits per heavy atom. The number of morpholine rings is 1. The summed E-state index contributed by atoms with van der Waals surface area (Å²) < 4.78 is 5.86. The predicted octanol–water partition coefficient (Wildman–Crippen LogP) is -0.132. The van der Waals surface area contributed by atoms with Crippen molar-refractivity contribution in [1.29, 1.82) is 0 Å². The molecule has 21 heavy (non-hydrogen) atoms. The number of carbonyl (C=O) groups excluding carboxylic acids is 2. The van der Waals surface area contributed by atoms with Gasteiger partial charge in [0.1, 0.15) is 13.1 Å². The molecule has 8 heteroatoms. The van der Waals surface area contributed by atoms with Gasteiger partial charge in [-0.2, -0.15) is 0 Å². The van der Waals surface area contributed by atoms with Crippen molar-refractivity contribution in [3.63, 3.8) is 0 Å². The first-order chi connectivity index (χ1) is 9.42. The lowest BCUT2D eigenvalue weighted by molar-refractivity contribution is -0.172. The van der Waals surface area contributed by atoms with Gasteiger partial charge in [0.15, 0.2) is 0 Å². The van der Waals surface area contributed by atoms with Crippen molar-refractivity contribution >= 4 is 17.9 Å². The third kappa shape index (κ3) is 5.22. The summed E-state index contributed by atoms with van der Waals surface area (Å²) >= 11 is 0. The molecule has 3 amide bonds. The highest BCUT2D eigenvalue weighted by Gasteiger charge is 2.41. The van der Waals surface area contributed by atoms with Crippen LogP contribution in [0.4, 0.5) is 4.79 Å². The molecule has 1 aliphatic heterocycles. The van der Waals surface area contributed by atoms with E-state index in [-0.39, 0.29) is 0 Å². The topological polar surface area (TPSA) is 113 Å². The zero-order valence-electron chi connectivity index (χ0n) is 12.9. The van der Waals surface area contributed by atoms with E-state index >= 15 is 0 Å². The quantitative estimate of drug-likeness (QED) is 0.751. The van der Waals surface area contributed by atoms with Crippen LogP contribution in [0.2, 0.25) is 0 Å². The number of urea groups is 1. The number of nitrogens with zero attached hydrogens (tertiary/aromatic N) is 2. The van der Waals surface area contributed by atoms with Gasteiger partial charge in [0, 0.05) is 0 Å². The molecule has 0 bridgehead atoms. The number of primary amides is 1. The van der Waals surface area contributed by atoms with E-state index in [9.17, 15) is 14.4 Å². The number of carboxylic acids is 1. The first kappa shape index (κ1) is 17.2. The summed E-state index contributed by atoms with van der Waals surface area (Å²) in [4.78, 5) is 36.8. The summed E-state index contributed by atoms with van der Waals surface area (Å²) in [6.07, 6.45) is 0. The molecule has 1 aliphatic rings. The Hall–Kier alpha value is -1.83. The first-order valence-electron chi connectivity index (χ1n) is 6.66. The monoisotopic (exact) mass is 301 g/mol. The average Bonchev–Trinajstić information content (AvgIpc) is 2.21. The lowest BCUT2D eigenvalue weighted by Gasteiger charge is -2.47. The second kappa shape index (κ2) is 5.88. The summed E-state index contributed by atoms with van der Waals surface area (Å²) in [5.74, 6) is -1.95. The zero-order valence-corrected chi connectivity index (χ0v) is 12.9. The van der Waals surface area contributed by atoms with E-state index in [1.165, 1.54) is 4.90 Å². The number of hydrogen-bond acceptors (Lipinski definition) is 4. The molecular weight excluding hydrogens is 278 g/mol. The summed E-state index contributed by atoms with van der Waals surface area (Å²) in [5, 5.41) is 8.86. The molecule has 1 saturated heterocycles. The number of ether oxygens (including phenoxy) is 1. The molecule has 8 nitrogen and oxygen atoms in total. The van der Waals surface area contributed by atoms with Gasteiger partial charge in [0.25, 0.3) is 0 Å². The van der Waals surface area contributed by atoms with Gasteiger partial charge < -0.3 is 25.4 Å². The fourth-order valence-electron chi connectivity index (χ4n) is 2.67. The van der Waals surface area contributed by atoms with Crippen LogP contribution >= 0.6 is 0 Å². The molecular formula is C13H23N3O5. The van der Waals surface area contributed by atoms with Crippen LogP contribution in [-0.2, 0) is 14.3 Å². The molecule has 1 heterocycles. The van der Waals surface area contributed by atoms with Gasteiger partial charge in [-0.25, -0.2) is 4.79 Å². The van der Waals surface area contributed by atoms with Crippen LogP contribution in [0, 0.1) is 0 Å². The maximum absolute atomic E-state index is 12.5. The van der Waals surface area contributed by atoms with E-state index in [0.29, 0.717) is 13.1 Å². The Morgan fingerprint density at radius 3 is 2.00 bits per heavy atom. The molecule has 0 spiro atoms. The fourth-order valence-corrected chi connectivity index (χ4v) is 2.67. The van der Waals surface area contributed by atoms with Crippen LogP contribution in [0.25, 0.3) is 0 Å². The summed E-state index contributed by atoms with van der Waals surface area (Å²) in [5.41, 5.74) is 3.96. The molecule has 0 aromatic rings. The van der Waals surface area contributed by atoms with Crippen LogP contribution in [-0.4, -0.2) is 70.2 Å². The number of amides is 3. The highest BCUT2D eigenvalue weighted by molar-refractivity contribution is 5.86. The van der Waals surface area contributed by atoms with E-state index in [0.717, 1.165) is 4.90 Å². The Kier molecular flexibility index (Phi) is 4.83. The van der Waals surface area contributed by atoms with Crippen molar-refractivity contribution < 1.29 is 24.2 Å². The van der Waals surface area contributed by atoms with Gasteiger partial charge in [-0.05, 0) is 27.7 Å². The van der Waals surface area contributed by atoms with Crippen molar-refractivity contribution in [3.05, 3.63) is 0 Å². The molecule has 0 unspecified atom stereocenters. The van der Waals surface area contributed by atoms with Gasteiger partial charge in [-0.3, -0.25) is 9.59 Å². The van der Waals surface area contributed by atoms with Crippen molar-refractivity contribution in [3.8, 4) is 0 Å². The molecule has 120 valence electrons. The number of hydrogen-bond donors (Lipinski definition) is 2. The minimum Gasteiger partial charge on any atom is -0.480 e. The molecule has 3 N–H and O–H groups in total. The van der Waals surface area contributed by atoms with Crippen LogP contribution in [0.5, 0.6) is 0 Å². The second-order valence-electron chi connectivity index (χ2n) is 6.48. The number of aliphatic carboxylic acids is 1. The predicted molar refractivity (Wildman–Crippen MR) is 74.6 cm³/mol. The SMILES string of the molecule is CC1(C)CN(C(=O)N(CC(N)=O)CC(=O)O)CC(C)(C)O1. The maximum Gasteiger partial charge on any atom is 0.323 e. The Morgan fingerprint density at radius 2 is 1.62 bits per heavy atom. The smallest absolute Gasteiger partial charge is 0.323 e. The highest BCUT2D eigenvalue weighted by atomic mass is 16.5. The third-order valence-corrected chi connectivity index (χ3v) is 2.91. The molecule has 0 atom stereocenters. The Labute approximate surface area is 123 Å². The Bertz CT molecular complexity index is 415. The van der Waals surface area contributed by atoms with Crippen LogP contribution < -0.4 is 5.73 Å². The minimum absolute atomic E-state index is 0.310. The lowest BCUT2D eigenvalue weighted by Crippen LogP contribution is -2.61.